The first kappa shape index (κ1) is 13.7. The Balaban J connectivity index is 2.45. The third-order valence-corrected chi connectivity index (χ3v) is 4.20. The van der Waals surface area contributed by atoms with Crippen molar-refractivity contribution in [1.29, 1.82) is 5.26 Å². The van der Waals surface area contributed by atoms with E-state index in [-0.39, 0.29) is 11.5 Å². The molecular formula is C16H22N2O. The third kappa shape index (κ3) is 2.40. The van der Waals surface area contributed by atoms with Crippen LogP contribution in [0, 0.1) is 24.2 Å². The zero-order chi connectivity index (χ0) is 14.0. The number of anilines is 1. The molecule has 1 atom stereocenters. The summed E-state index contributed by atoms with van der Waals surface area (Å²) in [5, 5.41) is 9.36. The normalized spacial score (nSPS) is 21.8. The molecular weight excluding hydrogens is 236 g/mol. The SMILES string of the molecule is COc1ccc(C)cc1N1CCCC(C#N)C1(C)C. The van der Waals surface area contributed by atoms with E-state index in [0.717, 1.165) is 30.8 Å². The number of hydrogen-bond donors (Lipinski definition) is 0. The predicted octanol–water partition coefficient (Wildman–Crippen LogP) is 3.52. The van der Waals surface area contributed by atoms with Gasteiger partial charge in [-0.05, 0) is 51.3 Å². The maximum Gasteiger partial charge on any atom is 0.142 e. The van der Waals surface area contributed by atoms with Crippen LogP contribution in [-0.2, 0) is 0 Å². The zero-order valence-electron chi connectivity index (χ0n) is 12.2. The van der Waals surface area contributed by atoms with Gasteiger partial charge in [-0.25, -0.2) is 0 Å². The van der Waals surface area contributed by atoms with Crippen molar-refractivity contribution in [3.63, 3.8) is 0 Å². The standard InChI is InChI=1S/C16H22N2O/c1-12-7-8-15(19-4)14(10-12)18-9-5-6-13(11-17)16(18,2)3/h7-8,10,13H,5-6,9H2,1-4H3. The van der Waals surface area contributed by atoms with Crippen LogP contribution in [-0.4, -0.2) is 19.2 Å². The maximum atomic E-state index is 9.36. The molecule has 1 aromatic rings. The van der Waals surface area contributed by atoms with E-state index >= 15 is 0 Å². The fraction of sp³-hybridized carbons (Fsp3) is 0.562. The predicted molar refractivity (Wildman–Crippen MR) is 77.5 cm³/mol. The second-order valence-corrected chi connectivity index (χ2v) is 5.80. The Morgan fingerprint density at radius 2 is 2.16 bits per heavy atom. The molecule has 1 aliphatic rings. The van der Waals surface area contributed by atoms with Crippen LogP contribution in [0.1, 0.15) is 32.3 Å². The first-order valence-electron chi connectivity index (χ1n) is 6.82. The van der Waals surface area contributed by atoms with Gasteiger partial charge >= 0.3 is 0 Å². The van der Waals surface area contributed by atoms with Gasteiger partial charge < -0.3 is 9.64 Å². The van der Waals surface area contributed by atoms with Gasteiger partial charge in [0.15, 0.2) is 0 Å². The largest absolute Gasteiger partial charge is 0.495 e. The zero-order valence-corrected chi connectivity index (χ0v) is 12.2. The van der Waals surface area contributed by atoms with Gasteiger partial charge in [-0.2, -0.15) is 5.26 Å². The summed E-state index contributed by atoms with van der Waals surface area (Å²) in [6.45, 7) is 7.37. The number of rotatable bonds is 2. The highest BCUT2D eigenvalue weighted by Gasteiger charge is 2.39. The quantitative estimate of drug-likeness (QED) is 0.814. The Bertz CT molecular complexity index is 502. The molecule has 0 spiro atoms. The minimum atomic E-state index is -0.159. The summed E-state index contributed by atoms with van der Waals surface area (Å²) < 4.78 is 5.49. The van der Waals surface area contributed by atoms with E-state index < -0.39 is 0 Å². The van der Waals surface area contributed by atoms with E-state index in [1.54, 1.807) is 7.11 Å². The molecule has 1 unspecified atom stereocenters. The van der Waals surface area contributed by atoms with Crippen LogP contribution in [0.2, 0.25) is 0 Å². The Morgan fingerprint density at radius 1 is 1.42 bits per heavy atom. The molecule has 2 rings (SSSR count). The highest BCUT2D eigenvalue weighted by atomic mass is 16.5. The first-order chi connectivity index (χ1) is 9.00. The molecule has 19 heavy (non-hydrogen) atoms. The second kappa shape index (κ2) is 5.13. The van der Waals surface area contributed by atoms with Crippen molar-refractivity contribution in [2.24, 2.45) is 5.92 Å². The van der Waals surface area contributed by atoms with Gasteiger partial charge in [0.25, 0.3) is 0 Å². The first-order valence-corrected chi connectivity index (χ1v) is 6.82. The van der Waals surface area contributed by atoms with Gasteiger partial charge in [-0.1, -0.05) is 6.07 Å². The number of methoxy groups -OCH3 is 1. The van der Waals surface area contributed by atoms with Crippen molar-refractivity contribution in [3.05, 3.63) is 23.8 Å². The van der Waals surface area contributed by atoms with Gasteiger partial charge in [0.2, 0.25) is 0 Å². The molecule has 0 saturated carbocycles. The number of nitrogens with zero attached hydrogens (tertiary/aromatic N) is 2. The van der Waals surface area contributed by atoms with Crippen molar-refractivity contribution in [3.8, 4) is 11.8 Å². The van der Waals surface area contributed by atoms with Crippen LogP contribution in [0.5, 0.6) is 5.75 Å². The van der Waals surface area contributed by atoms with Crippen LogP contribution in [0.3, 0.4) is 0 Å². The molecule has 102 valence electrons. The van der Waals surface area contributed by atoms with Crippen molar-refractivity contribution in [2.45, 2.75) is 39.2 Å². The van der Waals surface area contributed by atoms with Crippen molar-refractivity contribution < 1.29 is 4.74 Å². The minimum Gasteiger partial charge on any atom is -0.495 e. The number of nitriles is 1. The van der Waals surface area contributed by atoms with E-state index in [0.29, 0.717) is 0 Å². The summed E-state index contributed by atoms with van der Waals surface area (Å²) in [5.41, 5.74) is 2.16. The maximum absolute atomic E-state index is 9.36. The average Bonchev–Trinajstić information content (AvgIpc) is 2.38. The van der Waals surface area contributed by atoms with E-state index in [2.05, 4.69) is 43.9 Å². The molecule has 0 radical (unpaired) electrons. The molecule has 3 nitrogen and oxygen atoms in total. The van der Waals surface area contributed by atoms with Gasteiger partial charge in [-0.15, -0.1) is 0 Å². The summed E-state index contributed by atoms with van der Waals surface area (Å²) in [4.78, 5) is 2.33. The van der Waals surface area contributed by atoms with Gasteiger partial charge in [0.1, 0.15) is 5.75 Å². The number of benzene rings is 1. The van der Waals surface area contributed by atoms with E-state index in [9.17, 15) is 5.26 Å². The number of ether oxygens (including phenoxy) is 1. The van der Waals surface area contributed by atoms with Crippen LogP contribution in [0.15, 0.2) is 18.2 Å². The van der Waals surface area contributed by atoms with E-state index in [4.69, 9.17) is 4.74 Å². The highest BCUT2D eigenvalue weighted by Crippen LogP contribution is 2.40. The fourth-order valence-electron chi connectivity index (χ4n) is 2.95. The lowest BCUT2D eigenvalue weighted by Crippen LogP contribution is -2.53. The van der Waals surface area contributed by atoms with Crippen molar-refractivity contribution >= 4 is 5.69 Å². The monoisotopic (exact) mass is 258 g/mol. The van der Waals surface area contributed by atoms with Crippen molar-refractivity contribution in [1.82, 2.24) is 0 Å². The lowest BCUT2D eigenvalue weighted by Gasteiger charge is -2.47. The molecule has 0 amide bonds. The summed E-state index contributed by atoms with van der Waals surface area (Å²) in [6, 6.07) is 8.68. The molecule has 1 aromatic carbocycles. The van der Waals surface area contributed by atoms with E-state index in [1.807, 2.05) is 6.07 Å². The Labute approximate surface area is 115 Å². The molecule has 0 aromatic heterocycles. The lowest BCUT2D eigenvalue weighted by molar-refractivity contribution is 0.289. The lowest BCUT2D eigenvalue weighted by atomic mass is 9.79. The highest BCUT2D eigenvalue weighted by molar-refractivity contribution is 5.62. The van der Waals surface area contributed by atoms with Crippen LogP contribution < -0.4 is 9.64 Å². The summed E-state index contributed by atoms with van der Waals surface area (Å²) >= 11 is 0. The summed E-state index contributed by atoms with van der Waals surface area (Å²) in [5.74, 6) is 0.948. The third-order valence-electron chi connectivity index (χ3n) is 4.20. The molecule has 1 heterocycles. The topological polar surface area (TPSA) is 36.3 Å². The molecule has 1 saturated heterocycles. The molecule has 0 bridgehead atoms. The van der Waals surface area contributed by atoms with Crippen molar-refractivity contribution in [2.75, 3.05) is 18.6 Å². The van der Waals surface area contributed by atoms with Gasteiger partial charge in [0.05, 0.1) is 30.3 Å². The molecule has 3 heteroatoms. The number of aryl methyl sites for hydroxylation is 1. The fourth-order valence-corrected chi connectivity index (χ4v) is 2.95. The minimum absolute atomic E-state index is 0.0615. The van der Waals surface area contributed by atoms with Crippen LogP contribution >= 0.6 is 0 Å². The molecule has 1 aliphatic heterocycles. The van der Waals surface area contributed by atoms with Crippen LogP contribution in [0.4, 0.5) is 5.69 Å². The average molecular weight is 258 g/mol. The number of hydrogen-bond acceptors (Lipinski definition) is 3. The second-order valence-electron chi connectivity index (χ2n) is 5.80. The Hall–Kier alpha value is -1.69. The van der Waals surface area contributed by atoms with Gasteiger partial charge in [-0.3, -0.25) is 0 Å². The summed E-state index contributed by atoms with van der Waals surface area (Å²) in [7, 11) is 1.70. The van der Waals surface area contributed by atoms with Crippen LogP contribution in [0.25, 0.3) is 0 Å². The molecule has 1 fully saturated rings. The summed E-state index contributed by atoms with van der Waals surface area (Å²) in [6.07, 6.45) is 2.03. The Morgan fingerprint density at radius 3 is 2.79 bits per heavy atom. The number of piperidine rings is 1. The smallest absolute Gasteiger partial charge is 0.142 e. The molecule has 0 N–H and O–H groups in total. The molecule has 0 aliphatic carbocycles. The Kier molecular flexibility index (Phi) is 3.71. The van der Waals surface area contributed by atoms with E-state index in [1.165, 1.54) is 5.56 Å². The van der Waals surface area contributed by atoms with Gasteiger partial charge in [0, 0.05) is 6.54 Å².